The fraction of sp³-hybridized carbons (Fsp3) is 0.174. The summed E-state index contributed by atoms with van der Waals surface area (Å²) in [6, 6.07) is 22.6. The zero-order valence-corrected chi connectivity index (χ0v) is 14.6. The quantitative estimate of drug-likeness (QED) is 0.675. The van der Waals surface area contributed by atoms with Gasteiger partial charge in [-0.25, -0.2) is 0 Å². The molecule has 1 heterocycles. The van der Waals surface area contributed by atoms with Gasteiger partial charge >= 0.3 is 0 Å². The molecule has 2 N–H and O–H groups in total. The van der Waals surface area contributed by atoms with Crippen LogP contribution in [-0.2, 0) is 4.79 Å². The Morgan fingerprint density at radius 1 is 0.962 bits per heavy atom. The van der Waals surface area contributed by atoms with Gasteiger partial charge in [0.15, 0.2) is 0 Å². The van der Waals surface area contributed by atoms with Crippen molar-refractivity contribution in [3.05, 3.63) is 77.9 Å². The van der Waals surface area contributed by atoms with Crippen molar-refractivity contribution in [3.63, 3.8) is 0 Å². The number of amides is 1. The lowest BCUT2D eigenvalue weighted by atomic mass is 10.0. The van der Waals surface area contributed by atoms with E-state index >= 15 is 0 Å². The van der Waals surface area contributed by atoms with Gasteiger partial charge in [-0.1, -0.05) is 66.7 Å². The van der Waals surface area contributed by atoms with Crippen molar-refractivity contribution < 1.29 is 4.79 Å². The molecule has 0 radical (unpaired) electrons. The summed E-state index contributed by atoms with van der Waals surface area (Å²) in [4.78, 5) is 12.1. The lowest BCUT2D eigenvalue weighted by Crippen LogP contribution is -2.35. The molecule has 1 fully saturated rings. The summed E-state index contributed by atoms with van der Waals surface area (Å²) < 4.78 is 0. The Kier molecular flexibility index (Phi) is 4.80. The first kappa shape index (κ1) is 16.6. The van der Waals surface area contributed by atoms with Crippen molar-refractivity contribution in [3.8, 4) is 0 Å². The number of nitrogens with one attached hydrogen (secondary N) is 2. The molecular weight excluding hydrogens is 320 g/mol. The molecule has 0 bridgehead atoms. The molecule has 0 aliphatic carbocycles. The molecule has 1 amide bonds. The van der Waals surface area contributed by atoms with Crippen molar-refractivity contribution in [1.29, 1.82) is 0 Å². The van der Waals surface area contributed by atoms with Crippen LogP contribution in [0.25, 0.3) is 22.9 Å². The van der Waals surface area contributed by atoms with Gasteiger partial charge in [0.25, 0.3) is 0 Å². The smallest absolute Gasteiger partial charge is 0.241 e. The largest absolute Gasteiger partial charge is 0.325 e. The lowest BCUT2D eigenvalue weighted by Gasteiger charge is -2.11. The lowest BCUT2D eigenvalue weighted by molar-refractivity contribution is -0.117. The standard InChI is InChI=1S/C23H22N2O/c26-23(22-9-4-16-24-22)25-20-14-11-17(12-15-20)10-13-19-7-3-6-18-5-1-2-8-21(18)19/h1-3,5-8,10-15,22,24H,4,9,16H2,(H,25,26)/b13-10+. The number of hydrogen-bond acceptors (Lipinski definition) is 2. The van der Waals surface area contributed by atoms with Gasteiger partial charge in [-0.05, 0) is 53.4 Å². The van der Waals surface area contributed by atoms with Crippen LogP contribution in [-0.4, -0.2) is 18.5 Å². The van der Waals surface area contributed by atoms with Crippen LogP contribution in [0.2, 0.25) is 0 Å². The average molecular weight is 342 g/mol. The fourth-order valence-electron chi connectivity index (χ4n) is 3.40. The summed E-state index contributed by atoms with van der Waals surface area (Å²) in [6.07, 6.45) is 6.22. The normalized spacial score (nSPS) is 17.0. The second kappa shape index (κ2) is 7.54. The second-order valence-electron chi connectivity index (χ2n) is 6.66. The Labute approximate surface area is 153 Å². The van der Waals surface area contributed by atoms with E-state index in [1.807, 2.05) is 24.3 Å². The van der Waals surface area contributed by atoms with E-state index in [4.69, 9.17) is 0 Å². The van der Waals surface area contributed by atoms with Crippen LogP contribution in [0.3, 0.4) is 0 Å². The van der Waals surface area contributed by atoms with E-state index in [0.29, 0.717) is 0 Å². The summed E-state index contributed by atoms with van der Waals surface area (Å²) in [7, 11) is 0. The van der Waals surface area contributed by atoms with Gasteiger partial charge in [0.1, 0.15) is 0 Å². The highest BCUT2D eigenvalue weighted by molar-refractivity contribution is 5.95. The molecule has 1 atom stereocenters. The van der Waals surface area contributed by atoms with E-state index in [0.717, 1.165) is 30.6 Å². The number of anilines is 1. The van der Waals surface area contributed by atoms with Crippen molar-refractivity contribution in [2.45, 2.75) is 18.9 Å². The molecule has 1 unspecified atom stereocenters. The molecule has 4 rings (SSSR count). The molecule has 3 aromatic rings. The van der Waals surface area contributed by atoms with Crippen LogP contribution < -0.4 is 10.6 Å². The maximum atomic E-state index is 12.1. The van der Waals surface area contributed by atoms with Crippen LogP contribution in [0.15, 0.2) is 66.7 Å². The Hall–Kier alpha value is -2.91. The van der Waals surface area contributed by atoms with Crippen LogP contribution in [0.1, 0.15) is 24.0 Å². The Balaban J connectivity index is 1.46. The molecule has 1 saturated heterocycles. The topological polar surface area (TPSA) is 41.1 Å². The highest BCUT2D eigenvalue weighted by Gasteiger charge is 2.21. The maximum absolute atomic E-state index is 12.1. The molecule has 1 aliphatic heterocycles. The number of carbonyl (C=O) groups excluding carboxylic acids is 1. The minimum absolute atomic E-state index is 0.0547. The van der Waals surface area contributed by atoms with Gasteiger partial charge in [-0.3, -0.25) is 4.79 Å². The summed E-state index contributed by atoms with van der Waals surface area (Å²) in [5, 5.41) is 8.69. The molecule has 130 valence electrons. The van der Waals surface area contributed by atoms with Crippen LogP contribution in [0, 0.1) is 0 Å². The molecule has 0 spiro atoms. The molecular formula is C23H22N2O. The number of rotatable bonds is 4. The third-order valence-corrected chi connectivity index (χ3v) is 4.83. The van der Waals surface area contributed by atoms with Gasteiger partial charge in [0, 0.05) is 5.69 Å². The average Bonchev–Trinajstić information content (AvgIpc) is 3.22. The van der Waals surface area contributed by atoms with Crippen molar-refractivity contribution in [2.75, 3.05) is 11.9 Å². The fourth-order valence-corrected chi connectivity index (χ4v) is 3.40. The van der Waals surface area contributed by atoms with E-state index in [1.165, 1.54) is 16.3 Å². The summed E-state index contributed by atoms with van der Waals surface area (Å²) >= 11 is 0. The maximum Gasteiger partial charge on any atom is 0.241 e. The molecule has 3 heteroatoms. The highest BCUT2D eigenvalue weighted by atomic mass is 16.2. The van der Waals surface area contributed by atoms with Crippen LogP contribution in [0.5, 0.6) is 0 Å². The summed E-state index contributed by atoms with van der Waals surface area (Å²) in [6.45, 7) is 0.927. The molecule has 0 aromatic heterocycles. The van der Waals surface area contributed by atoms with Gasteiger partial charge in [-0.15, -0.1) is 0 Å². The zero-order valence-electron chi connectivity index (χ0n) is 14.6. The number of fused-ring (bicyclic) bond motifs is 1. The van der Waals surface area contributed by atoms with Gasteiger partial charge in [-0.2, -0.15) is 0 Å². The first-order chi connectivity index (χ1) is 12.8. The Bertz CT molecular complexity index is 933. The van der Waals surface area contributed by atoms with Crippen molar-refractivity contribution >= 4 is 34.5 Å². The SMILES string of the molecule is O=C(Nc1ccc(/C=C/c2cccc3ccccc23)cc1)C1CCCN1. The Morgan fingerprint density at radius 2 is 1.77 bits per heavy atom. The third kappa shape index (κ3) is 3.68. The van der Waals surface area contributed by atoms with Crippen molar-refractivity contribution in [2.24, 2.45) is 0 Å². The molecule has 3 nitrogen and oxygen atoms in total. The molecule has 3 aromatic carbocycles. The predicted molar refractivity (Wildman–Crippen MR) is 109 cm³/mol. The number of benzene rings is 3. The van der Waals surface area contributed by atoms with E-state index < -0.39 is 0 Å². The first-order valence-electron chi connectivity index (χ1n) is 9.10. The number of hydrogen-bond donors (Lipinski definition) is 2. The van der Waals surface area contributed by atoms with Gasteiger partial charge < -0.3 is 10.6 Å². The first-order valence-corrected chi connectivity index (χ1v) is 9.10. The highest BCUT2D eigenvalue weighted by Crippen LogP contribution is 2.21. The van der Waals surface area contributed by atoms with E-state index in [1.54, 1.807) is 0 Å². The van der Waals surface area contributed by atoms with E-state index in [2.05, 4.69) is 65.3 Å². The molecule has 0 saturated carbocycles. The predicted octanol–water partition coefficient (Wildman–Crippen LogP) is 4.70. The molecule has 1 aliphatic rings. The van der Waals surface area contributed by atoms with Crippen molar-refractivity contribution in [1.82, 2.24) is 5.32 Å². The Morgan fingerprint density at radius 3 is 2.58 bits per heavy atom. The minimum Gasteiger partial charge on any atom is -0.325 e. The number of carbonyl (C=O) groups is 1. The van der Waals surface area contributed by atoms with E-state index in [-0.39, 0.29) is 11.9 Å². The zero-order chi connectivity index (χ0) is 17.8. The third-order valence-electron chi connectivity index (χ3n) is 4.83. The van der Waals surface area contributed by atoms with E-state index in [9.17, 15) is 4.79 Å². The molecule has 26 heavy (non-hydrogen) atoms. The van der Waals surface area contributed by atoms with Gasteiger partial charge in [0.05, 0.1) is 6.04 Å². The van der Waals surface area contributed by atoms with Crippen LogP contribution >= 0.6 is 0 Å². The van der Waals surface area contributed by atoms with Gasteiger partial charge in [0.2, 0.25) is 5.91 Å². The second-order valence-corrected chi connectivity index (χ2v) is 6.66. The summed E-state index contributed by atoms with van der Waals surface area (Å²) in [5.41, 5.74) is 3.15. The van der Waals surface area contributed by atoms with Crippen LogP contribution in [0.4, 0.5) is 5.69 Å². The summed E-state index contributed by atoms with van der Waals surface area (Å²) in [5.74, 6) is 0.0570. The minimum atomic E-state index is -0.0547. The monoisotopic (exact) mass is 342 g/mol.